The van der Waals surface area contributed by atoms with Crippen LogP contribution < -0.4 is 5.32 Å². The molecule has 136 valence electrons. The number of benzene rings is 2. The second-order valence-corrected chi connectivity index (χ2v) is 6.51. The van der Waals surface area contributed by atoms with Crippen molar-refractivity contribution in [2.24, 2.45) is 0 Å². The van der Waals surface area contributed by atoms with Crippen LogP contribution in [-0.2, 0) is 16.1 Å². The number of ether oxygens (including phenoxy) is 1. The number of nitrogens with one attached hydrogen (secondary N) is 1. The molecule has 0 radical (unpaired) electrons. The molecule has 0 aliphatic carbocycles. The molecule has 0 bridgehead atoms. The molecule has 3 rings (SSSR count). The van der Waals surface area contributed by atoms with Gasteiger partial charge in [0.05, 0.1) is 12.6 Å². The van der Waals surface area contributed by atoms with Gasteiger partial charge in [-0.3, -0.25) is 9.59 Å². The number of amides is 2. The minimum absolute atomic E-state index is 0.150. The van der Waals surface area contributed by atoms with Gasteiger partial charge in [0.25, 0.3) is 5.91 Å². The fourth-order valence-corrected chi connectivity index (χ4v) is 3.25. The molecule has 0 saturated carbocycles. The van der Waals surface area contributed by atoms with Gasteiger partial charge >= 0.3 is 0 Å². The van der Waals surface area contributed by atoms with Crippen molar-refractivity contribution in [3.63, 3.8) is 0 Å². The Morgan fingerprint density at radius 3 is 2.69 bits per heavy atom. The van der Waals surface area contributed by atoms with Gasteiger partial charge in [-0.15, -0.1) is 0 Å². The molecule has 0 aromatic heterocycles. The number of nitrogens with zero attached hydrogens (tertiary/aromatic N) is 1. The van der Waals surface area contributed by atoms with Crippen molar-refractivity contribution in [3.05, 3.63) is 71.3 Å². The third-order valence-electron chi connectivity index (χ3n) is 4.58. The van der Waals surface area contributed by atoms with Crippen LogP contribution in [0.25, 0.3) is 0 Å². The van der Waals surface area contributed by atoms with E-state index < -0.39 is 0 Å². The van der Waals surface area contributed by atoms with E-state index in [4.69, 9.17) is 4.74 Å². The van der Waals surface area contributed by atoms with E-state index >= 15 is 0 Å². The second-order valence-electron chi connectivity index (χ2n) is 6.51. The summed E-state index contributed by atoms with van der Waals surface area (Å²) in [6.07, 6.45) is 1.47. The van der Waals surface area contributed by atoms with E-state index in [1.807, 2.05) is 53.4 Å². The van der Waals surface area contributed by atoms with Crippen molar-refractivity contribution in [2.75, 3.05) is 20.2 Å². The van der Waals surface area contributed by atoms with Crippen LogP contribution in [-0.4, -0.2) is 36.9 Å². The Bertz CT molecular complexity index is 761. The molecule has 1 fully saturated rings. The summed E-state index contributed by atoms with van der Waals surface area (Å²) in [5.74, 6) is 0.00530. The molecule has 5 nitrogen and oxygen atoms in total. The molecular formula is C21H24N2O3. The summed E-state index contributed by atoms with van der Waals surface area (Å²) in [5.41, 5.74) is 2.54. The highest BCUT2D eigenvalue weighted by Gasteiger charge is 2.25. The number of carbonyl (C=O) groups excluding carboxylic acids is 2. The van der Waals surface area contributed by atoms with Gasteiger partial charge in [0.1, 0.15) is 0 Å². The molecule has 1 aliphatic heterocycles. The van der Waals surface area contributed by atoms with E-state index in [0.717, 1.165) is 24.1 Å². The molecular weight excluding hydrogens is 328 g/mol. The maximum atomic E-state index is 12.8. The summed E-state index contributed by atoms with van der Waals surface area (Å²) >= 11 is 0. The predicted molar refractivity (Wildman–Crippen MR) is 99.6 cm³/mol. The van der Waals surface area contributed by atoms with Crippen molar-refractivity contribution in [3.8, 4) is 0 Å². The zero-order valence-corrected chi connectivity index (χ0v) is 15.0. The summed E-state index contributed by atoms with van der Waals surface area (Å²) in [4.78, 5) is 26.6. The summed E-state index contributed by atoms with van der Waals surface area (Å²) in [7, 11) is 1.63. The number of hydrogen-bond donors (Lipinski definition) is 1. The topological polar surface area (TPSA) is 58.6 Å². The highest BCUT2D eigenvalue weighted by atomic mass is 16.5. The van der Waals surface area contributed by atoms with E-state index in [2.05, 4.69) is 5.32 Å². The number of carbonyl (C=O) groups is 2. The third kappa shape index (κ3) is 4.49. The fraction of sp³-hybridized carbons (Fsp3) is 0.333. The minimum atomic E-state index is -0.239. The zero-order valence-electron chi connectivity index (χ0n) is 15.0. The molecule has 0 spiro atoms. The molecule has 2 amide bonds. The maximum absolute atomic E-state index is 12.8. The Morgan fingerprint density at radius 1 is 1.19 bits per heavy atom. The van der Waals surface area contributed by atoms with Gasteiger partial charge in [-0.25, -0.2) is 0 Å². The molecule has 1 heterocycles. The SMILES string of the molecule is COCc1cccc(C(=O)N[C@H](CN2CCCC2=O)c2ccccc2)c1. The molecule has 1 aliphatic rings. The monoisotopic (exact) mass is 352 g/mol. The average Bonchev–Trinajstić information content (AvgIpc) is 3.07. The van der Waals surface area contributed by atoms with Crippen LogP contribution in [0.5, 0.6) is 0 Å². The molecule has 5 heteroatoms. The largest absolute Gasteiger partial charge is 0.380 e. The molecule has 1 N–H and O–H groups in total. The quantitative estimate of drug-likeness (QED) is 0.833. The van der Waals surface area contributed by atoms with Gasteiger partial charge in [0.2, 0.25) is 5.91 Å². The van der Waals surface area contributed by atoms with Gasteiger partial charge in [-0.05, 0) is 29.7 Å². The van der Waals surface area contributed by atoms with E-state index in [1.165, 1.54) is 0 Å². The van der Waals surface area contributed by atoms with Crippen LogP contribution in [0.4, 0.5) is 0 Å². The van der Waals surface area contributed by atoms with Crippen molar-refractivity contribution < 1.29 is 14.3 Å². The first-order valence-electron chi connectivity index (χ1n) is 8.89. The lowest BCUT2D eigenvalue weighted by Gasteiger charge is -2.25. The standard InChI is InChI=1S/C21H24N2O3/c1-26-15-16-7-5-10-18(13-16)21(25)22-19(17-8-3-2-4-9-17)14-23-12-6-11-20(23)24/h2-5,7-10,13,19H,6,11-12,14-15H2,1H3,(H,22,25)/t19-/m1/s1. The molecule has 1 saturated heterocycles. The van der Waals surface area contributed by atoms with E-state index in [-0.39, 0.29) is 17.9 Å². The average molecular weight is 352 g/mol. The maximum Gasteiger partial charge on any atom is 0.251 e. The van der Waals surface area contributed by atoms with E-state index in [0.29, 0.717) is 25.1 Å². The van der Waals surface area contributed by atoms with Crippen LogP contribution in [0.15, 0.2) is 54.6 Å². The van der Waals surface area contributed by atoms with Crippen LogP contribution in [0.1, 0.15) is 40.4 Å². The van der Waals surface area contributed by atoms with Gasteiger partial charge in [0.15, 0.2) is 0 Å². The number of rotatable bonds is 7. The summed E-state index contributed by atoms with van der Waals surface area (Å²) < 4.78 is 5.14. The Balaban J connectivity index is 1.77. The van der Waals surface area contributed by atoms with Crippen molar-refractivity contribution in [2.45, 2.75) is 25.5 Å². The van der Waals surface area contributed by atoms with Gasteiger partial charge in [-0.1, -0.05) is 42.5 Å². The van der Waals surface area contributed by atoms with Crippen LogP contribution in [0, 0.1) is 0 Å². The molecule has 2 aromatic carbocycles. The van der Waals surface area contributed by atoms with Crippen LogP contribution in [0.2, 0.25) is 0 Å². The van der Waals surface area contributed by atoms with Gasteiger partial charge in [0, 0.05) is 32.2 Å². The second kappa shape index (κ2) is 8.63. The Labute approximate surface area is 154 Å². The van der Waals surface area contributed by atoms with Gasteiger partial charge < -0.3 is 15.0 Å². The zero-order chi connectivity index (χ0) is 18.4. The van der Waals surface area contributed by atoms with Crippen LogP contribution in [0.3, 0.4) is 0 Å². The van der Waals surface area contributed by atoms with Crippen LogP contribution >= 0.6 is 0 Å². The number of likely N-dealkylation sites (tertiary alicyclic amines) is 1. The highest BCUT2D eigenvalue weighted by Crippen LogP contribution is 2.19. The highest BCUT2D eigenvalue weighted by molar-refractivity contribution is 5.94. The summed E-state index contributed by atoms with van der Waals surface area (Å²) in [6.45, 7) is 1.71. The third-order valence-corrected chi connectivity index (χ3v) is 4.58. The lowest BCUT2D eigenvalue weighted by molar-refractivity contribution is -0.128. The van der Waals surface area contributed by atoms with Crippen molar-refractivity contribution >= 4 is 11.8 Å². The molecule has 2 aromatic rings. The lowest BCUT2D eigenvalue weighted by Crippen LogP contribution is -2.38. The first kappa shape index (κ1) is 18.1. The van der Waals surface area contributed by atoms with Gasteiger partial charge in [-0.2, -0.15) is 0 Å². The summed E-state index contributed by atoms with van der Waals surface area (Å²) in [6, 6.07) is 17.0. The Kier molecular flexibility index (Phi) is 6.02. The molecule has 0 unspecified atom stereocenters. The predicted octanol–water partition coefficient (Wildman–Crippen LogP) is 2.93. The first-order valence-corrected chi connectivity index (χ1v) is 8.89. The molecule has 1 atom stereocenters. The minimum Gasteiger partial charge on any atom is -0.380 e. The Morgan fingerprint density at radius 2 is 2.00 bits per heavy atom. The summed E-state index contributed by atoms with van der Waals surface area (Å²) in [5, 5.41) is 3.09. The normalized spacial score (nSPS) is 15.1. The van der Waals surface area contributed by atoms with E-state index in [9.17, 15) is 9.59 Å². The van der Waals surface area contributed by atoms with E-state index in [1.54, 1.807) is 13.2 Å². The smallest absolute Gasteiger partial charge is 0.251 e. The van der Waals surface area contributed by atoms with Crippen molar-refractivity contribution in [1.29, 1.82) is 0 Å². The fourth-order valence-electron chi connectivity index (χ4n) is 3.25. The van der Waals surface area contributed by atoms with Crippen molar-refractivity contribution in [1.82, 2.24) is 10.2 Å². The Hall–Kier alpha value is -2.66. The lowest BCUT2D eigenvalue weighted by atomic mass is 10.0. The number of hydrogen-bond acceptors (Lipinski definition) is 3. The number of methoxy groups -OCH3 is 1. The first-order chi connectivity index (χ1) is 12.7. The molecule has 26 heavy (non-hydrogen) atoms.